The second-order valence-electron chi connectivity index (χ2n) is 2.89. The van der Waals surface area contributed by atoms with Gasteiger partial charge in [0.15, 0.2) is 6.29 Å². The van der Waals surface area contributed by atoms with Crippen molar-refractivity contribution in [3.05, 3.63) is 23.0 Å². The van der Waals surface area contributed by atoms with Gasteiger partial charge in [0.1, 0.15) is 12.4 Å². The number of nitrogens with zero attached hydrogens (tertiary/aromatic N) is 1. The summed E-state index contributed by atoms with van der Waals surface area (Å²) in [5, 5.41) is 2.63. The van der Waals surface area contributed by atoms with Crippen molar-refractivity contribution >= 4 is 12.2 Å². The number of carbonyl (C=O) groups is 2. The molecule has 1 aromatic heterocycles. The van der Waals surface area contributed by atoms with E-state index in [4.69, 9.17) is 0 Å². The minimum Gasteiger partial charge on any atom is -0.332 e. The topological polar surface area (TPSA) is 63.1 Å². The van der Waals surface area contributed by atoms with Crippen LogP contribution in [0, 0.1) is 6.92 Å². The van der Waals surface area contributed by atoms with Crippen molar-refractivity contribution < 1.29 is 9.59 Å². The molecule has 5 heteroatoms. The summed E-state index contributed by atoms with van der Waals surface area (Å²) in [5.74, 6) is -0.149. The molecule has 0 radical (unpaired) electrons. The molecule has 5 nitrogen and oxygen atoms in total. The zero-order valence-electron chi connectivity index (χ0n) is 7.13. The van der Waals surface area contributed by atoms with Crippen LogP contribution in [-0.4, -0.2) is 23.5 Å². The predicted molar refractivity (Wildman–Crippen MR) is 46.3 cm³/mol. The average molecular weight is 179 g/mol. The summed E-state index contributed by atoms with van der Waals surface area (Å²) >= 11 is 0. The van der Waals surface area contributed by atoms with Gasteiger partial charge >= 0.3 is 0 Å². The third kappa shape index (κ3) is 1.00. The molecule has 0 bridgehead atoms. The maximum atomic E-state index is 11.3. The molecule has 0 spiro atoms. The summed E-state index contributed by atoms with van der Waals surface area (Å²) in [6.45, 7) is 2.14. The monoisotopic (exact) mass is 179 g/mol. The first-order chi connectivity index (χ1) is 6.24. The lowest BCUT2D eigenvalue weighted by Crippen LogP contribution is -2.41. The zero-order valence-corrected chi connectivity index (χ0v) is 7.13. The van der Waals surface area contributed by atoms with Gasteiger partial charge < -0.3 is 10.7 Å². The smallest absolute Gasteiger partial charge is 0.271 e. The Morgan fingerprint density at radius 2 is 2.38 bits per heavy atom. The molecule has 68 valence electrons. The summed E-state index contributed by atoms with van der Waals surface area (Å²) in [6.07, 6.45) is 2.37. The lowest BCUT2D eigenvalue weighted by atomic mass is 10.2. The van der Waals surface area contributed by atoms with Crippen LogP contribution in [0.5, 0.6) is 0 Å². The Balaban J connectivity index is 2.61. The maximum Gasteiger partial charge on any atom is 0.271 e. The lowest BCUT2D eigenvalue weighted by Gasteiger charge is -2.18. The van der Waals surface area contributed by atoms with Crippen LogP contribution in [0.15, 0.2) is 6.20 Å². The van der Waals surface area contributed by atoms with Gasteiger partial charge in [-0.2, -0.15) is 0 Å². The van der Waals surface area contributed by atoms with Gasteiger partial charge in [-0.05, 0) is 12.5 Å². The highest BCUT2D eigenvalue weighted by atomic mass is 16.2. The second kappa shape index (κ2) is 2.62. The number of aromatic nitrogens is 1. The van der Waals surface area contributed by atoms with Gasteiger partial charge in [-0.15, -0.1) is 0 Å². The van der Waals surface area contributed by atoms with Gasteiger partial charge in [-0.3, -0.25) is 14.3 Å². The highest BCUT2D eigenvalue weighted by molar-refractivity contribution is 5.97. The number of hydrogen-bond acceptors (Lipinski definition) is 3. The fourth-order valence-corrected chi connectivity index (χ4v) is 1.43. The Kier molecular flexibility index (Phi) is 1.58. The quantitative estimate of drug-likeness (QED) is 0.589. The lowest BCUT2D eigenvalue weighted by molar-refractivity contribution is 0.0936. The molecular formula is C8H9N3O2. The van der Waals surface area contributed by atoms with E-state index in [2.05, 4.69) is 10.7 Å². The minimum absolute atomic E-state index is 0.149. The van der Waals surface area contributed by atoms with E-state index in [0.717, 1.165) is 6.29 Å². The molecule has 0 saturated carbocycles. The van der Waals surface area contributed by atoms with Crippen LogP contribution in [0.4, 0.5) is 0 Å². The van der Waals surface area contributed by atoms with Gasteiger partial charge in [0, 0.05) is 11.8 Å². The highest BCUT2D eigenvalue weighted by Crippen LogP contribution is 2.15. The Morgan fingerprint density at radius 1 is 1.62 bits per heavy atom. The first-order valence-corrected chi connectivity index (χ1v) is 3.93. The van der Waals surface area contributed by atoms with Crippen molar-refractivity contribution in [2.24, 2.45) is 0 Å². The summed E-state index contributed by atoms with van der Waals surface area (Å²) in [7, 11) is 0. The molecule has 1 aromatic rings. The minimum atomic E-state index is -0.149. The van der Waals surface area contributed by atoms with Crippen LogP contribution in [0.2, 0.25) is 0 Å². The molecule has 2 rings (SSSR count). The fraction of sp³-hybridized carbons (Fsp3) is 0.250. The maximum absolute atomic E-state index is 11.3. The summed E-state index contributed by atoms with van der Waals surface area (Å²) in [5.41, 5.74) is 4.67. The SMILES string of the molecule is Cc1c(C=O)cn2c1C(=O)NCN2. The molecule has 0 saturated heterocycles. The van der Waals surface area contributed by atoms with Crippen LogP contribution >= 0.6 is 0 Å². The molecule has 1 aliphatic heterocycles. The van der Waals surface area contributed by atoms with Crippen molar-refractivity contribution in [3.63, 3.8) is 0 Å². The van der Waals surface area contributed by atoms with Gasteiger partial charge in [0.25, 0.3) is 5.91 Å². The largest absolute Gasteiger partial charge is 0.332 e. The average Bonchev–Trinajstić information content (AvgIpc) is 2.44. The van der Waals surface area contributed by atoms with Crippen molar-refractivity contribution in [2.45, 2.75) is 6.92 Å². The van der Waals surface area contributed by atoms with E-state index in [-0.39, 0.29) is 5.91 Å². The zero-order chi connectivity index (χ0) is 9.42. The van der Waals surface area contributed by atoms with Crippen molar-refractivity contribution in [1.82, 2.24) is 9.99 Å². The van der Waals surface area contributed by atoms with Gasteiger partial charge in [0.2, 0.25) is 0 Å². The number of hydrogen-bond donors (Lipinski definition) is 2. The number of amides is 1. The summed E-state index contributed by atoms with van der Waals surface area (Å²) < 4.78 is 1.58. The molecule has 1 amide bonds. The standard InChI is InChI=1S/C8H9N3O2/c1-5-6(3-12)2-11-7(5)8(13)9-4-10-11/h2-3,10H,4H2,1H3,(H,9,13). The van der Waals surface area contributed by atoms with E-state index in [1.807, 2.05) is 0 Å². The third-order valence-corrected chi connectivity index (χ3v) is 2.14. The van der Waals surface area contributed by atoms with E-state index in [1.165, 1.54) is 0 Å². The fourth-order valence-electron chi connectivity index (χ4n) is 1.43. The molecule has 2 heterocycles. The van der Waals surface area contributed by atoms with Gasteiger partial charge in [-0.25, -0.2) is 0 Å². The normalized spacial score (nSPS) is 14.4. The predicted octanol–water partition coefficient (Wildman–Crippen LogP) is -0.147. The van der Waals surface area contributed by atoms with Gasteiger partial charge in [-0.1, -0.05) is 0 Å². The Labute approximate surface area is 74.7 Å². The molecule has 0 fully saturated rings. The number of nitrogens with one attached hydrogen (secondary N) is 2. The number of carbonyl (C=O) groups excluding carboxylic acids is 2. The number of aldehydes is 1. The molecule has 0 unspecified atom stereocenters. The van der Waals surface area contributed by atoms with Crippen molar-refractivity contribution in [1.29, 1.82) is 0 Å². The van der Waals surface area contributed by atoms with E-state index in [0.29, 0.717) is 23.5 Å². The summed E-state index contributed by atoms with van der Waals surface area (Å²) in [6, 6.07) is 0. The molecule has 0 atom stereocenters. The summed E-state index contributed by atoms with van der Waals surface area (Å²) in [4.78, 5) is 21.9. The van der Waals surface area contributed by atoms with E-state index in [1.54, 1.807) is 17.8 Å². The van der Waals surface area contributed by atoms with Crippen LogP contribution in [0.3, 0.4) is 0 Å². The van der Waals surface area contributed by atoms with Crippen LogP contribution in [-0.2, 0) is 0 Å². The Morgan fingerprint density at radius 3 is 3.00 bits per heavy atom. The molecule has 0 aromatic carbocycles. The van der Waals surface area contributed by atoms with Gasteiger partial charge in [0.05, 0.1) is 0 Å². The van der Waals surface area contributed by atoms with Crippen molar-refractivity contribution in [2.75, 3.05) is 12.1 Å². The van der Waals surface area contributed by atoms with E-state index >= 15 is 0 Å². The molecular weight excluding hydrogens is 170 g/mol. The molecule has 13 heavy (non-hydrogen) atoms. The first-order valence-electron chi connectivity index (χ1n) is 3.93. The molecule has 1 aliphatic rings. The highest BCUT2D eigenvalue weighted by Gasteiger charge is 2.21. The van der Waals surface area contributed by atoms with E-state index < -0.39 is 0 Å². The first kappa shape index (κ1) is 7.85. The Bertz CT molecular complexity index is 381. The van der Waals surface area contributed by atoms with Crippen LogP contribution in [0.1, 0.15) is 26.4 Å². The Hall–Kier alpha value is -1.78. The third-order valence-electron chi connectivity index (χ3n) is 2.14. The molecule has 0 aliphatic carbocycles. The molecule has 2 N–H and O–H groups in total. The van der Waals surface area contributed by atoms with Crippen LogP contribution in [0.25, 0.3) is 0 Å². The van der Waals surface area contributed by atoms with Crippen molar-refractivity contribution in [3.8, 4) is 0 Å². The second-order valence-corrected chi connectivity index (χ2v) is 2.89. The van der Waals surface area contributed by atoms with E-state index in [9.17, 15) is 9.59 Å². The van der Waals surface area contributed by atoms with Crippen LogP contribution < -0.4 is 10.7 Å². The number of rotatable bonds is 1. The number of fused-ring (bicyclic) bond motifs is 1.